The largest absolute Gasteiger partial charge is 0.354 e. The molecule has 1 aliphatic rings. The van der Waals surface area contributed by atoms with E-state index in [9.17, 15) is 9.59 Å². The maximum absolute atomic E-state index is 13.8. The fourth-order valence-electron chi connectivity index (χ4n) is 5.02. The molecule has 2 heterocycles. The Kier molecular flexibility index (Phi) is 4.97. The van der Waals surface area contributed by atoms with E-state index in [1.54, 1.807) is 36.7 Å². The van der Waals surface area contributed by atoms with Gasteiger partial charge in [0.05, 0.1) is 57.3 Å². The lowest BCUT2D eigenvalue weighted by molar-refractivity contribution is 0.0980. The molecule has 38 heavy (non-hydrogen) atoms. The van der Waals surface area contributed by atoms with E-state index in [4.69, 9.17) is 0 Å². The van der Waals surface area contributed by atoms with Crippen LogP contribution in [0.5, 0.6) is 0 Å². The summed E-state index contributed by atoms with van der Waals surface area (Å²) < 4.78 is 0. The van der Waals surface area contributed by atoms with Crippen LogP contribution in [-0.2, 0) is 0 Å². The van der Waals surface area contributed by atoms with Gasteiger partial charge in [-0.25, -0.2) is 0 Å². The van der Waals surface area contributed by atoms with Crippen molar-refractivity contribution in [1.82, 2.24) is 9.97 Å². The number of benzene rings is 4. The van der Waals surface area contributed by atoms with Gasteiger partial charge in [-0.1, -0.05) is 60.7 Å². The molecule has 0 fully saturated rings. The van der Waals surface area contributed by atoms with E-state index in [0.29, 0.717) is 33.6 Å². The molecule has 0 aliphatic heterocycles. The number of rotatable bonds is 4. The number of pyridine rings is 2. The summed E-state index contributed by atoms with van der Waals surface area (Å²) >= 11 is 0. The lowest BCUT2D eigenvalue weighted by atomic mass is 9.82. The lowest BCUT2D eigenvalue weighted by Crippen LogP contribution is -2.23. The molecule has 4 aromatic carbocycles. The fourth-order valence-corrected chi connectivity index (χ4v) is 5.02. The first-order chi connectivity index (χ1) is 18.7. The number of hydrogen-bond acceptors (Lipinski definition) is 6. The minimum atomic E-state index is -0.202. The average Bonchev–Trinajstić information content (AvgIpc) is 2.96. The van der Waals surface area contributed by atoms with Crippen LogP contribution in [0.15, 0.2) is 109 Å². The molecule has 0 amide bonds. The second kappa shape index (κ2) is 8.64. The van der Waals surface area contributed by atoms with Gasteiger partial charge in [0.15, 0.2) is 11.6 Å². The van der Waals surface area contributed by atoms with Crippen molar-refractivity contribution in [2.45, 2.75) is 0 Å². The summed E-state index contributed by atoms with van der Waals surface area (Å²) in [6.07, 6.45) is 3.45. The zero-order chi connectivity index (χ0) is 25.6. The van der Waals surface area contributed by atoms with Gasteiger partial charge in [0.25, 0.3) is 0 Å². The Hall–Kier alpha value is -5.36. The molecule has 180 valence electrons. The molecule has 2 aromatic heterocycles. The first kappa shape index (κ1) is 21.9. The predicted octanol–water partition coefficient (Wildman–Crippen LogP) is 7.05. The molecular formula is C32H20N4O2. The lowest BCUT2D eigenvalue weighted by Gasteiger charge is -2.24. The van der Waals surface area contributed by atoms with Gasteiger partial charge >= 0.3 is 0 Å². The van der Waals surface area contributed by atoms with Crippen LogP contribution in [0.25, 0.3) is 21.8 Å². The fraction of sp³-hybridized carbons (Fsp3) is 0. The summed E-state index contributed by atoms with van der Waals surface area (Å²) in [6, 6.07) is 30.2. The van der Waals surface area contributed by atoms with E-state index in [0.717, 1.165) is 33.2 Å². The van der Waals surface area contributed by atoms with Crippen molar-refractivity contribution in [3.05, 3.63) is 132 Å². The van der Waals surface area contributed by atoms with Gasteiger partial charge in [-0.2, -0.15) is 0 Å². The highest BCUT2D eigenvalue weighted by Crippen LogP contribution is 2.39. The number of hydrogen-bond donors (Lipinski definition) is 2. The van der Waals surface area contributed by atoms with Crippen molar-refractivity contribution in [1.29, 1.82) is 0 Å². The van der Waals surface area contributed by atoms with E-state index in [-0.39, 0.29) is 11.6 Å². The Bertz CT molecular complexity index is 1790. The summed E-state index contributed by atoms with van der Waals surface area (Å²) in [5.41, 5.74) is 5.77. The van der Waals surface area contributed by atoms with Crippen LogP contribution in [0.1, 0.15) is 31.8 Å². The number of carbonyl (C=O) groups is 2. The van der Waals surface area contributed by atoms with Gasteiger partial charge in [-0.05, 0) is 36.4 Å². The average molecular weight is 493 g/mol. The van der Waals surface area contributed by atoms with E-state index < -0.39 is 0 Å². The molecule has 0 radical (unpaired) electrons. The van der Waals surface area contributed by atoms with Gasteiger partial charge in [-0.15, -0.1) is 0 Å². The Labute approximate surface area is 218 Å². The molecule has 0 spiro atoms. The van der Waals surface area contributed by atoms with Crippen LogP contribution in [-0.4, -0.2) is 21.5 Å². The third kappa shape index (κ3) is 3.59. The highest BCUT2D eigenvalue weighted by molar-refractivity contribution is 6.32. The number of nitrogens with one attached hydrogen (secondary N) is 2. The molecule has 1 aliphatic carbocycles. The van der Waals surface area contributed by atoms with Crippen molar-refractivity contribution >= 4 is 56.1 Å². The summed E-state index contributed by atoms with van der Waals surface area (Å²) in [4.78, 5) is 36.7. The van der Waals surface area contributed by atoms with Crippen LogP contribution in [0, 0.1) is 0 Å². The third-order valence-electron chi connectivity index (χ3n) is 6.81. The molecule has 0 saturated heterocycles. The van der Waals surface area contributed by atoms with E-state index in [2.05, 4.69) is 20.6 Å². The van der Waals surface area contributed by atoms with E-state index in [1.807, 2.05) is 72.8 Å². The maximum atomic E-state index is 13.8. The first-order valence-electron chi connectivity index (χ1n) is 12.2. The van der Waals surface area contributed by atoms with E-state index in [1.165, 1.54) is 0 Å². The number of para-hydroxylation sites is 2. The zero-order valence-corrected chi connectivity index (χ0v) is 20.1. The number of aromatic nitrogens is 2. The molecule has 6 nitrogen and oxygen atoms in total. The first-order valence-corrected chi connectivity index (χ1v) is 12.2. The minimum Gasteiger partial charge on any atom is -0.354 e. The van der Waals surface area contributed by atoms with Crippen LogP contribution in [0.3, 0.4) is 0 Å². The number of nitrogens with zero attached hydrogens (tertiary/aromatic N) is 2. The molecule has 0 bridgehead atoms. The second-order valence-corrected chi connectivity index (χ2v) is 9.20. The van der Waals surface area contributed by atoms with Gasteiger partial charge in [0.2, 0.25) is 0 Å². The van der Waals surface area contributed by atoms with Gasteiger partial charge in [0.1, 0.15) is 0 Å². The highest BCUT2D eigenvalue weighted by Gasteiger charge is 2.34. The number of carbonyl (C=O) groups excluding carboxylic acids is 2. The van der Waals surface area contributed by atoms with Gasteiger partial charge in [0, 0.05) is 21.9 Å². The molecule has 0 saturated carbocycles. The topological polar surface area (TPSA) is 84.0 Å². The van der Waals surface area contributed by atoms with Crippen molar-refractivity contribution in [2.75, 3.05) is 10.6 Å². The molecular weight excluding hydrogens is 472 g/mol. The van der Waals surface area contributed by atoms with Crippen LogP contribution in [0.2, 0.25) is 0 Å². The molecule has 7 rings (SSSR count). The van der Waals surface area contributed by atoms with Crippen LogP contribution < -0.4 is 10.6 Å². The molecule has 6 heteroatoms. The summed E-state index contributed by atoms with van der Waals surface area (Å²) in [5.74, 6) is -0.404. The van der Waals surface area contributed by atoms with Crippen molar-refractivity contribution in [2.24, 2.45) is 0 Å². The molecule has 0 atom stereocenters. The van der Waals surface area contributed by atoms with E-state index >= 15 is 0 Å². The second-order valence-electron chi connectivity index (χ2n) is 9.20. The van der Waals surface area contributed by atoms with Crippen molar-refractivity contribution in [3.8, 4) is 0 Å². The van der Waals surface area contributed by atoms with Gasteiger partial charge in [-0.3, -0.25) is 19.6 Å². The van der Waals surface area contributed by atoms with Crippen LogP contribution >= 0.6 is 0 Å². The Morgan fingerprint density at radius 3 is 1.39 bits per heavy atom. The monoisotopic (exact) mass is 492 g/mol. The van der Waals surface area contributed by atoms with Crippen molar-refractivity contribution in [3.63, 3.8) is 0 Å². The number of fused-ring (bicyclic) bond motifs is 4. The summed E-state index contributed by atoms with van der Waals surface area (Å²) in [5, 5.41) is 8.64. The van der Waals surface area contributed by atoms with Gasteiger partial charge < -0.3 is 10.6 Å². The SMILES string of the molecule is O=C1c2ccccc2C(=O)c2c(Nc3cnc4ccccc4c3)ccc(Nc3cnc4ccccc4c3)c21. The summed E-state index contributed by atoms with van der Waals surface area (Å²) in [7, 11) is 0. The van der Waals surface area contributed by atoms with Crippen molar-refractivity contribution < 1.29 is 9.59 Å². The minimum absolute atomic E-state index is 0.202. The molecule has 0 unspecified atom stereocenters. The predicted molar refractivity (Wildman–Crippen MR) is 150 cm³/mol. The third-order valence-corrected chi connectivity index (χ3v) is 6.81. The molecule has 6 aromatic rings. The number of ketones is 2. The number of anilines is 4. The quantitative estimate of drug-likeness (QED) is 0.274. The maximum Gasteiger partial charge on any atom is 0.196 e. The van der Waals surface area contributed by atoms with Crippen LogP contribution in [0.4, 0.5) is 22.7 Å². The molecule has 2 N–H and O–H groups in total. The summed E-state index contributed by atoms with van der Waals surface area (Å²) in [6.45, 7) is 0. The zero-order valence-electron chi connectivity index (χ0n) is 20.1. The normalized spacial score (nSPS) is 12.3. The Balaban J connectivity index is 1.36. The highest BCUT2D eigenvalue weighted by atomic mass is 16.1. The Morgan fingerprint density at radius 1 is 0.500 bits per heavy atom. The standard InChI is InChI=1S/C32H20N4O2/c37-31-23-9-3-4-10-24(23)32(38)30-28(36-22-16-20-8-2-6-12-26(20)34-18-22)14-13-27(29(30)31)35-21-15-19-7-1-5-11-25(19)33-17-21/h1-18,35-36H. The smallest absolute Gasteiger partial charge is 0.196 e. The Morgan fingerprint density at radius 2 is 0.921 bits per heavy atom.